The molecule has 0 heterocycles. The van der Waals surface area contributed by atoms with Gasteiger partial charge in [-0.3, -0.25) is 4.79 Å². The van der Waals surface area contributed by atoms with Gasteiger partial charge in [-0.2, -0.15) is 13.2 Å². The molecule has 0 amide bonds. The maximum absolute atomic E-state index is 11.7. The van der Waals surface area contributed by atoms with Crippen molar-refractivity contribution in [1.29, 1.82) is 0 Å². The first-order valence-corrected chi connectivity index (χ1v) is 3.11. The number of hydrogen-bond acceptors (Lipinski definition) is 2. The van der Waals surface area contributed by atoms with Crippen LogP contribution in [0.15, 0.2) is 0 Å². The highest BCUT2D eigenvalue weighted by Gasteiger charge is 2.32. The third-order valence-corrected chi connectivity index (χ3v) is 1.27. The fourth-order valence-corrected chi connectivity index (χ4v) is 0.681. The SMILES string of the molecule is CN[C@@H](CC(F)(F)F)C(C)=O. The van der Waals surface area contributed by atoms with E-state index in [0.29, 0.717) is 0 Å². The lowest BCUT2D eigenvalue weighted by molar-refractivity contribution is -0.147. The molecular formula is C6H10F3NO. The van der Waals surface area contributed by atoms with Crippen LogP contribution in [0.3, 0.4) is 0 Å². The van der Waals surface area contributed by atoms with Gasteiger partial charge in [0, 0.05) is 0 Å². The van der Waals surface area contributed by atoms with Crippen molar-refractivity contribution in [2.75, 3.05) is 7.05 Å². The second-order valence-corrected chi connectivity index (χ2v) is 2.27. The Bertz CT molecular complexity index is 143. The maximum atomic E-state index is 11.7. The first kappa shape index (κ1) is 10.4. The number of carbonyl (C=O) groups is 1. The summed E-state index contributed by atoms with van der Waals surface area (Å²) in [5, 5.41) is 2.29. The van der Waals surface area contributed by atoms with Gasteiger partial charge in [-0.05, 0) is 14.0 Å². The number of hydrogen-bond donors (Lipinski definition) is 1. The second-order valence-electron chi connectivity index (χ2n) is 2.27. The minimum atomic E-state index is -4.28. The first-order valence-electron chi connectivity index (χ1n) is 3.11. The number of Topliss-reactive ketones (excluding diaryl/α,β-unsaturated/α-hetero) is 1. The lowest BCUT2D eigenvalue weighted by Gasteiger charge is -2.14. The van der Waals surface area contributed by atoms with E-state index >= 15 is 0 Å². The predicted octanol–water partition coefficient (Wildman–Crippen LogP) is 1.12. The van der Waals surface area contributed by atoms with E-state index < -0.39 is 24.4 Å². The summed E-state index contributed by atoms with van der Waals surface area (Å²) < 4.78 is 35.0. The third-order valence-electron chi connectivity index (χ3n) is 1.27. The molecule has 0 radical (unpaired) electrons. The minimum absolute atomic E-state index is 0.496. The fraction of sp³-hybridized carbons (Fsp3) is 0.833. The molecule has 0 saturated heterocycles. The molecule has 0 aromatic rings. The van der Waals surface area contributed by atoms with Crippen molar-refractivity contribution in [1.82, 2.24) is 5.32 Å². The molecule has 5 heteroatoms. The summed E-state index contributed by atoms with van der Waals surface area (Å²) in [4.78, 5) is 10.5. The Kier molecular flexibility index (Phi) is 3.51. The van der Waals surface area contributed by atoms with Crippen molar-refractivity contribution < 1.29 is 18.0 Å². The Morgan fingerprint density at radius 2 is 2.00 bits per heavy atom. The largest absolute Gasteiger partial charge is 0.391 e. The van der Waals surface area contributed by atoms with Gasteiger partial charge in [-0.15, -0.1) is 0 Å². The van der Waals surface area contributed by atoms with Crippen LogP contribution in [0.1, 0.15) is 13.3 Å². The van der Waals surface area contributed by atoms with Gasteiger partial charge in [-0.1, -0.05) is 0 Å². The first-order chi connectivity index (χ1) is 4.87. The summed E-state index contributed by atoms with van der Waals surface area (Å²) >= 11 is 0. The molecule has 0 bridgehead atoms. The third kappa shape index (κ3) is 4.78. The maximum Gasteiger partial charge on any atom is 0.391 e. The normalized spacial score (nSPS) is 14.6. The Balaban J connectivity index is 3.99. The van der Waals surface area contributed by atoms with E-state index in [-0.39, 0.29) is 0 Å². The summed E-state index contributed by atoms with van der Waals surface area (Å²) in [6, 6.07) is -1.10. The van der Waals surface area contributed by atoms with E-state index in [4.69, 9.17) is 0 Å². The Morgan fingerprint density at radius 3 is 2.09 bits per heavy atom. The number of rotatable bonds is 3. The molecule has 11 heavy (non-hydrogen) atoms. The fourth-order valence-electron chi connectivity index (χ4n) is 0.681. The standard InChI is InChI=1S/C6H10F3NO/c1-4(11)5(10-2)3-6(7,8)9/h5,10H,3H2,1-2H3/t5-/m0/s1. The van der Waals surface area contributed by atoms with Crippen molar-refractivity contribution in [2.24, 2.45) is 0 Å². The van der Waals surface area contributed by atoms with Crippen LogP contribution in [0, 0.1) is 0 Å². The Hall–Kier alpha value is -0.580. The van der Waals surface area contributed by atoms with E-state index in [1.165, 1.54) is 7.05 Å². The van der Waals surface area contributed by atoms with Crippen LogP contribution < -0.4 is 5.32 Å². The van der Waals surface area contributed by atoms with Crippen LogP contribution in [0.4, 0.5) is 13.2 Å². The van der Waals surface area contributed by atoms with E-state index in [1.54, 1.807) is 0 Å². The zero-order valence-corrected chi connectivity index (χ0v) is 6.33. The highest BCUT2D eigenvalue weighted by Crippen LogP contribution is 2.21. The zero-order chi connectivity index (χ0) is 9.07. The van der Waals surface area contributed by atoms with Gasteiger partial charge in [0.25, 0.3) is 0 Å². The van der Waals surface area contributed by atoms with Crippen molar-refractivity contribution in [3.05, 3.63) is 0 Å². The number of alkyl halides is 3. The van der Waals surface area contributed by atoms with Crippen LogP contribution >= 0.6 is 0 Å². The summed E-state index contributed by atoms with van der Waals surface area (Å²) in [6.45, 7) is 1.13. The van der Waals surface area contributed by atoms with Crippen LogP contribution in [0.5, 0.6) is 0 Å². The Labute approximate surface area is 62.8 Å². The summed E-state index contributed by atoms with van der Waals surface area (Å²) in [5.41, 5.74) is 0. The smallest absolute Gasteiger partial charge is 0.310 e. The lowest BCUT2D eigenvalue weighted by Crippen LogP contribution is -2.36. The van der Waals surface area contributed by atoms with Gasteiger partial charge in [-0.25, -0.2) is 0 Å². The molecule has 0 aromatic carbocycles. The molecule has 0 unspecified atom stereocenters. The molecule has 0 aliphatic heterocycles. The second kappa shape index (κ2) is 3.71. The summed E-state index contributed by atoms with van der Waals surface area (Å²) in [7, 11) is 1.33. The Morgan fingerprint density at radius 1 is 1.55 bits per heavy atom. The number of likely N-dealkylation sites (N-methyl/N-ethyl adjacent to an activating group) is 1. The van der Waals surface area contributed by atoms with Gasteiger partial charge in [0.1, 0.15) is 5.78 Å². The molecule has 0 aliphatic rings. The van der Waals surface area contributed by atoms with Crippen LogP contribution in [-0.4, -0.2) is 25.0 Å². The molecule has 1 atom stereocenters. The molecule has 2 nitrogen and oxygen atoms in total. The van der Waals surface area contributed by atoms with Crippen molar-refractivity contribution in [2.45, 2.75) is 25.6 Å². The molecule has 0 rings (SSSR count). The van der Waals surface area contributed by atoms with Crippen molar-refractivity contribution in [3.8, 4) is 0 Å². The van der Waals surface area contributed by atoms with E-state index in [0.717, 1.165) is 6.92 Å². The van der Waals surface area contributed by atoms with Gasteiger partial charge in [0.15, 0.2) is 0 Å². The minimum Gasteiger partial charge on any atom is -0.310 e. The molecule has 0 spiro atoms. The van der Waals surface area contributed by atoms with Crippen molar-refractivity contribution in [3.63, 3.8) is 0 Å². The highest BCUT2D eigenvalue weighted by atomic mass is 19.4. The van der Waals surface area contributed by atoms with Gasteiger partial charge in [0.2, 0.25) is 0 Å². The molecule has 0 aliphatic carbocycles. The number of halogens is 3. The monoisotopic (exact) mass is 169 g/mol. The highest BCUT2D eigenvalue weighted by molar-refractivity contribution is 5.81. The topological polar surface area (TPSA) is 29.1 Å². The average molecular weight is 169 g/mol. The molecule has 66 valence electrons. The molecule has 1 N–H and O–H groups in total. The number of carbonyl (C=O) groups excluding carboxylic acids is 1. The average Bonchev–Trinajstić information content (AvgIpc) is 1.80. The van der Waals surface area contributed by atoms with E-state index in [9.17, 15) is 18.0 Å². The van der Waals surface area contributed by atoms with Crippen LogP contribution in [0.2, 0.25) is 0 Å². The number of nitrogens with one attached hydrogen (secondary N) is 1. The molecule has 0 aromatic heterocycles. The van der Waals surface area contributed by atoms with Gasteiger partial charge >= 0.3 is 6.18 Å². The number of ketones is 1. The lowest BCUT2D eigenvalue weighted by atomic mass is 10.1. The van der Waals surface area contributed by atoms with Gasteiger partial charge < -0.3 is 5.32 Å². The molecule has 0 fully saturated rings. The van der Waals surface area contributed by atoms with Crippen LogP contribution in [-0.2, 0) is 4.79 Å². The quantitative estimate of drug-likeness (QED) is 0.685. The van der Waals surface area contributed by atoms with E-state index in [1.807, 2.05) is 0 Å². The van der Waals surface area contributed by atoms with Gasteiger partial charge in [0.05, 0.1) is 12.5 Å². The summed E-state index contributed by atoms with van der Waals surface area (Å²) in [5.74, 6) is -0.496. The zero-order valence-electron chi connectivity index (χ0n) is 6.33. The molecular weight excluding hydrogens is 159 g/mol. The summed E-state index contributed by atoms with van der Waals surface area (Å²) in [6.07, 6.45) is -5.38. The van der Waals surface area contributed by atoms with E-state index in [2.05, 4.69) is 5.32 Å². The molecule has 0 saturated carbocycles. The van der Waals surface area contributed by atoms with Crippen molar-refractivity contribution >= 4 is 5.78 Å². The van der Waals surface area contributed by atoms with Crippen LogP contribution in [0.25, 0.3) is 0 Å². The predicted molar refractivity (Wildman–Crippen MR) is 34.2 cm³/mol.